The van der Waals surface area contributed by atoms with Crippen LogP contribution in [0.25, 0.3) is 0 Å². The van der Waals surface area contributed by atoms with Crippen molar-refractivity contribution in [1.29, 1.82) is 0 Å². The third-order valence-electron chi connectivity index (χ3n) is 12.2. The first-order chi connectivity index (χ1) is 19.2. The predicted molar refractivity (Wildman–Crippen MR) is 139 cm³/mol. The molecule has 8 N–H and O–H groups in total. The van der Waals surface area contributed by atoms with Crippen molar-refractivity contribution in [1.82, 2.24) is 0 Å². The summed E-state index contributed by atoms with van der Waals surface area (Å²) in [4.78, 5) is 11.8. The summed E-state index contributed by atoms with van der Waals surface area (Å²) < 4.78 is 16.7. The highest BCUT2D eigenvalue weighted by molar-refractivity contribution is 5.85. The van der Waals surface area contributed by atoms with Gasteiger partial charge in [-0.05, 0) is 56.4 Å². The van der Waals surface area contributed by atoms with Crippen LogP contribution in [-0.2, 0) is 19.0 Å². The van der Waals surface area contributed by atoms with Crippen LogP contribution in [0.1, 0.15) is 58.8 Å². The number of ether oxygens (including phenoxy) is 3. The number of aliphatic hydroxyl groups excluding tert-OH is 6. The zero-order chi connectivity index (χ0) is 29.7. The molecule has 4 saturated carbocycles. The number of hydrogen-bond acceptors (Lipinski definition) is 12. The van der Waals surface area contributed by atoms with Crippen LogP contribution in [0.15, 0.2) is 11.6 Å². The number of carbonyl (C=O) groups excluding carboxylic acids is 1. The van der Waals surface area contributed by atoms with Crippen molar-refractivity contribution in [3.05, 3.63) is 11.6 Å². The number of aliphatic hydroxyl groups is 8. The standard InChI is InChI=1S/C29H44O12/c1-13-22(34)23(35)24(36)25(40-13)41-15-8-19(32)28(12-30)21-17(3-5-27(28,37)9-15)29(38)6-4-16(14-7-20(33)39-11-14)26(29,2)10-18(21)31/h7,13,15-19,21-25,30-32,34-38H,3-6,8-12H2,1-2H3/t13-,15+,16+,17+,18+,19+,21+,22+,23-,24-,25+,26-,27-,28-,29+/m1/s1. The van der Waals surface area contributed by atoms with Crippen molar-refractivity contribution in [3.8, 4) is 0 Å². The molecule has 4 aliphatic carbocycles. The lowest BCUT2D eigenvalue weighted by Crippen LogP contribution is -2.76. The topological polar surface area (TPSA) is 207 Å². The zero-order valence-electron chi connectivity index (χ0n) is 23.5. The monoisotopic (exact) mass is 584 g/mol. The summed E-state index contributed by atoms with van der Waals surface area (Å²) in [6, 6.07) is 0. The summed E-state index contributed by atoms with van der Waals surface area (Å²) in [5.74, 6) is -1.93. The van der Waals surface area contributed by atoms with E-state index in [-0.39, 0.29) is 38.2 Å². The number of carbonyl (C=O) groups is 1. The molecule has 0 radical (unpaired) electrons. The molecule has 6 rings (SSSR count). The van der Waals surface area contributed by atoms with Gasteiger partial charge in [0.25, 0.3) is 0 Å². The molecule has 15 atom stereocenters. The third-order valence-corrected chi connectivity index (χ3v) is 12.2. The summed E-state index contributed by atoms with van der Waals surface area (Å²) in [7, 11) is 0. The summed E-state index contributed by atoms with van der Waals surface area (Å²) >= 11 is 0. The van der Waals surface area contributed by atoms with Crippen LogP contribution in [-0.4, -0.2) is 120 Å². The molecule has 1 saturated heterocycles. The number of fused-ring (bicyclic) bond motifs is 5. The van der Waals surface area contributed by atoms with E-state index in [4.69, 9.17) is 14.2 Å². The Kier molecular flexibility index (Phi) is 7.22. The molecule has 0 spiro atoms. The Morgan fingerprint density at radius 2 is 1.76 bits per heavy atom. The van der Waals surface area contributed by atoms with E-state index in [1.165, 1.54) is 13.0 Å². The van der Waals surface area contributed by atoms with Crippen molar-refractivity contribution < 1.29 is 59.9 Å². The van der Waals surface area contributed by atoms with Crippen molar-refractivity contribution in [2.75, 3.05) is 13.2 Å². The van der Waals surface area contributed by atoms with Gasteiger partial charge < -0.3 is 55.1 Å². The van der Waals surface area contributed by atoms with Gasteiger partial charge in [-0.15, -0.1) is 0 Å². The fourth-order valence-corrected chi connectivity index (χ4v) is 10.1. The number of cyclic esters (lactones) is 1. The van der Waals surface area contributed by atoms with Crippen molar-refractivity contribution in [3.63, 3.8) is 0 Å². The molecule has 12 heteroatoms. The molecule has 12 nitrogen and oxygen atoms in total. The molecule has 2 aliphatic heterocycles. The van der Waals surface area contributed by atoms with Gasteiger partial charge in [0.1, 0.15) is 24.9 Å². The first-order valence-electron chi connectivity index (χ1n) is 14.9. The highest BCUT2D eigenvalue weighted by Gasteiger charge is 2.75. The number of hydrogen-bond donors (Lipinski definition) is 8. The minimum Gasteiger partial charge on any atom is -0.458 e. The first-order valence-corrected chi connectivity index (χ1v) is 14.9. The molecule has 6 aliphatic rings. The van der Waals surface area contributed by atoms with Crippen LogP contribution in [0, 0.1) is 28.6 Å². The van der Waals surface area contributed by atoms with Gasteiger partial charge in [-0.1, -0.05) is 6.92 Å². The minimum absolute atomic E-state index is 0.0369. The SMILES string of the molecule is C[C@H]1O[C@@H](O[C@H]2C[C@H](O)[C@]3(CO)[C@@H]4[C@@H](O)C[C@]5(C)[C@H](C6=CC(=O)OC6)CC[C@]5(O)[C@H]4CC[C@@]3(O)C2)[C@H](O)[C@H](O)[C@H]1O. The Bertz CT molecular complexity index is 1080. The predicted octanol–water partition coefficient (Wildman–Crippen LogP) is -1.51. The van der Waals surface area contributed by atoms with Gasteiger partial charge in [0, 0.05) is 30.3 Å². The molecule has 0 unspecified atom stereocenters. The summed E-state index contributed by atoms with van der Waals surface area (Å²) in [6.45, 7) is 3.00. The van der Waals surface area contributed by atoms with Crippen LogP contribution >= 0.6 is 0 Å². The smallest absolute Gasteiger partial charge is 0.331 e. The Hall–Kier alpha value is -1.19. The van der Waals surface area contributed by atoms with Gasteiger partial charge in [0.15, 0.2) is 6.29 Å². The van der Waals surface area contributed by atoms with Gasteiger partial charge in [-0.2, -0.15) is 0 Å². The first kappa shape index (κ1) is 29.9. The molecule has 2 heterocycles. The zero-order valence-corrected chi connectivity index (χ0v) is 23.5. The minimum atomic E-state index is -1.67. The third kappa shape index (κ3) is 3.99. The van der Waals surface area contributed by atoms with E-state index in [1.807, 2.05) is 6.92 Å². The lowest BCUT2D eigenvalue weighted by molar-refractivity contribution is -0.342. The fraction of sp³-hybridized carbons (Fsp3) is 0.897. The maximum absolute atomic E-state index is 12.4. The molecule has 41 heavy (non-hydrogen) atoms. The molecule has 0 aromatic carbocycles. The molecular weight excluding hydrogens is 540 g/mol. The van der Waals surface area contributed by atoms with Crippen molar-refractivity contribution in [2.24, 2.45) is 28.6 Å². The second-order valence-corrected chi connectivity index (χ2v) is 13.8. The summed E-state index contributed by atoms with van der Waals surface area (Å²) in [5.41, 5.74) is -4.46. The molecule has 5 fully saturated rings. The lowest BCUT2D eigenvalue weighted by atomic mass is 9.40. The molecule has 0 bridgehead atoms. The number of rotatable bonds is 4. The van der Waals surface area contributed by atoms with Gasteiger partial charge in [-0.3, -0.25) is 0 Å². The quantitative estimate of drug-likeness (QED) is 0.140. The second kappa shape index (κ2) is 9.91. The van der Waals surface area contributed by atoms with E-state index in [1.54, 1.807) is 0 Å². The van der Waals surface area contributed by atoms with Crippen LogP contribution in [0.5, 0.6) is 0 Å². The van der Waals surface area contributed by atoms with Crippen LogP contribution < -0.4 is 0 Å². The average Bonchev–Trinajstić information content (AvgIpc) is 3.45. The van der Waals surface area contributed by atoms with Gasteiger partial charge >= 0.3 is 5.97 Å². The van der Waals surface area contributed by atoms with Crippen molar-refractivity contribution in [2.45, 2.75) is 119 Å². The van der Waals surface area contributed by atoms with Crippen LogP contribution in [0.4, 0.5) is 0 Å². The van der Waals surface area contributed by atoms with Crippen LogP contribution in [0.3, 0.4) is 0 Å². The van der Waals surface area contributed by atoms with E-state index < -0.39 is 95.5 Å². The second-order valence-electron chi connectivity index (χ2n) is 13.8. The summed E-state index contributed by atoms with van der Waals surface area (Å²) in [6.07, 6.45) is -6.68. The van der Waals surface area contributed by atoms with Crippen molar-refractivity contribution >= 4 is 5.97 Å². The molecule has 0 aromatic heterocycles. The van der Waals surface area contributed by atoms with E-state index in [9.17, 15) is 45.6 Å². The van der Waals surface area contributed by atoms with Crippen LogP contribution in [0.2, 0.25) is 0 Å². The normalized spacial score (nSPS) is 56.9. The molecule has 0 amide bonds. The van der Waals surface area contributed by atoms with Gasteiger partial charge in [0.05, 0.1) is 47.6 Å². The van der Waals surface area contributed by atoms with E-state index in [0.29, 0.717) is 19.3 Å². The van der Waals surface area contributed by atoms with E-state index >= 15 is 0 Å². The van der Waals surface area contributed by atoms with Gasteiger partial charge in [0.2, 0.25) is 0 Å². The van der Waals surface area contributed by atoms with E-state index in [2.05, 4.69) is 0 Å². The maximum atomic E-state index is 12.4. The largest absolute Gasteiger partial charge is 0.458 e. The Labute approximate surface area is 238 Å². The summed E-state index contributed by atoms with van der Waals surface area (Å²) in [5, 5.41) is 89.6. The Balaban J connectivity index is 1.28. The molecule has 0 aromatic rings. The highest BCUT2D eigenvalue weighted by Crippen LogP contribution is 2.70. The molecular formula is C29H44O12. The average molecular weight is 585 g/mol. The maximum Gasteiger partial charge on any atom is 0.331 e. The molecule has 232 valence electrons. The van der Waals surface area contributed by atoms with Gasteiger partial charge in [-0.25, -0.2) is 4.79 Å². The van der Waals surface area contributed by atoms with E-state index in [0.717, 1.165) is 5.57 Å². The number of esters is 1. The Morgan fingerprint density at radius 3 is 2.41 bits per heavy atom. The highest BCUT2D eigenvalue weighted by atomic mass is 16.7. The Morgan fingerprint density at radius 1 is 1.02 bits per heavy atom. The lowest BCUT2D eigenvalue weighted by Gasteiger charge is -2.68. The fourth-order valence-electron chi connectivity index (χ4n) is 10.1.